The van der Waals surface area contributed by atoms with E-state index in [2.05, 4.69) is 54.0 Å². The maximum absolute atomic E-state index is 7.74. The van der Waals surface area contributed by atoms with Gasteiger partial charge in [0.05, 0.1) is 0 Å². The van der Waals surface area contributed by atoms with E-state index in [9.17, 15) is 0 Å². The Labute approximate surface area is 253 Å². The van der Waals surface area contributed by atoms with Crippen molar-refractivity contribution in [3.05, 3.63) is 49.1 Å². The zero-order chi connectivity index (χ0) is 29.8. The molecule has 1 aliphatic heterocycles. The van der Waals surface area contributed by atoms with Crippen molar-refractivity contribution in [1.29, 1.82) is 0 Å². The van der Waals surface area contributed by atoms with Gasteiger partial charge in [0.25, 0.3) is 0 Å². The molecule has 0 aromatic heterocycles. The molecule has 0 radical (unpaired) electrons. The molecule has 0 bridgehead atoms. The van der Waals surface area contributed by atoms with Gasteiger partial charge in [0.1, 0.15) is 0 Å². The molecule has 1 fully saturated rings. The van der Waals surface area contributed by atoms with Crippen LogP contribution in [0.25, 0.3) is 0 Å². The molecule has 0 aromatic rings. The van der Waals surface area contributed by atoms with Crippen molar-refractivity contribution in [3.63, 3.8) is 0 Å². The maximum Gasteiger partial charge on any atom is 0.373 e. The summed E-state index contributed by atoms with van der Waals surface area (Å²) in [5.41, 5.74) is 7.55. The first-order valence-electron chi connectivity index (χ1n) is 16.7. The van der Waals surface area contributed by atoms with E-state index in [0.29, 0.717) is 0 Å². The van der Waals surface area contributed by atoms with Crippen molar-refractivity contribution < 1.29 is 16.5 Å². The summed E-state index contributed by atoms with van der Waals surface area (Å²) in [5.74, 6) is 0. The van der Waals surface area contributed by atoms with Gasteiger partial charge >= 0.3 is 34.2 Å². The summed E-state index contributed by atoms with van der Waals surface area (Å²) in [7, 11) is -11.5. The molecule has 0 amide bonds. The highest BCUT2D eigenvalue weighted by atomic mass is 28.5. The van der Waals surface area contributed by atoms with Crippen LogP contribution in [0.15, 0.2) is 49.1 Å². The van der Waals surface area contributed by atoms with E-state index < -0.39 is 34.2 Å². The Balaban J connectivity index is 3.67. The largest absolute Gasteiger partial charge is 0.415 e. The van der Waals surface area contributed by atoms with Gasteiger partial charge < -0.3 is 16.5 Å². The van der Waals surface area contributed by atoms with E-state index in [1.807, 2.05) is 22.8 Å². The summed E-state index contributed by atoms with van der Waals surface area (Å²) in [4.78, 5) is 0. The molecule has 1 rings (SSSR count). The Morgan fingerprint density at radius 2 is 0.650 bits per heavy atom. The predicted octanol–water partition coefficient (Wildman–Crippen LogP) is 11.1. The minimum absolute atomic E-state index is 0.998. The Morgan fingerprint density at radius 3 is 0.875 bits per heavy atom. The van der Waals surface area contributed by atoms with E-state index in [1.165, 1.54) is 77.0 Å². The molecule has 1 aliphatic rings. The average Bonchev–Trinajstić information content (AvgIpc) is 2.96. The molecule has 0 aliphatic carbocycles. The van der Waals surface area contributed by atoms with Crippen LogP contribution in [-0.4, -0.2) is 34.2 Å². The second kappa shape index (κ2) is 20.6. The highest BCUT2D eigenvalue weighted by Gasteiger charge is 2.59. The van der Waals surface area contributed by atoms with Gasteiger partial charge in [-0.05, 0) is 47.0 Å². The van der Waals surface area contributed by atoms with Crippen molar-refractivity contribution in [2.24, 2.45) is 0 Å². The molecule has 0 aromatic carbocycles. The standard InChI is InChI=1S/C32H64O4Si4/c1-9-17-21-25-29-39(30-26-22-18-10-2)34-37(13-5,14-6)33-38(15-7,16-8)35-40(36-39,31-27-23-19-11-3)32-28-24-20-12-4/h13-16H,5-12,17-32H2,1-4H3. The van der Waals surface area contributed by atoms with Crippen molar-refractivity contribution in [1.82, 2.24) is 0 Å². The summed E-state index contributed by atoms with van der Waals surface area (Å²) in [6.45, 7) is 25.9. The van der Waals surface area contributed by atoms with E-state index >= 15 is 0 Å². The summed E-state index contributed by atoms with van der Waals surface area (Å²) < 4.78 is 29.5. The van der Waals surface area contributed by atoms with Crippen LogP contribution in [-0.2, 0) is 16.5 Å². The van der Waals surface area contributed by atoms with E-state index in [-0.39, 0.29) is 0 Å². The zero-order valence-corrected chi connectivity index (χ0v) is 30.9. The van der Waals surface area contributed by atoms with Crippen LogP contribution in [0, 0.1) is 0 Å². The Morgan fingerprint density at radius 1 is 0.375 bits per heavy atom. The molecule has 0 saturated carbocycles. The molecular formula is C32H64O4Si4. The lowest BCUT2D eigenvalue weighted by molar-refractivity contribution is 0.229. The molecule has 1 heterocycles. The number of hydrogen-bond donors (Lipinski definition) is 0. The van der Waals surface area contributed by atoms with E-state index in [1.54, 1.807) is 0 Å². The third-order valence-corrected chi connectivity index (χ3v) is 26.0. The monoisotopic (exact) mass is 624 g/mol. The fraction of sp³-hybridized carbons (Fsp3) is 0.750. The maximum atomic E-state index is 7.74. The lowest BCUT2D eigenvalue weighted by Gasteiger charge is -2.51. The third-order valence-electron chi connectivity index (χ3n) is 8.17. The van der Waals surface area contributed by atoms with Crippen LogP contribution in [0.1, 0.15) is 130 Å². The van der Waals surface area contributed by atoms with Crippen LogP contribution >= 0.6 is 0 Å². The van der Waals surface area contributed by atoms with Crippen molar-refractivity contribution >= 4 is 34.2 Å². The topological polar surface area (TPSA) is 36.9 Å². The molecule has 232 valence electrons. The van der Waals surface area contributed by atoms with Gasteiger partial charge in [-0.15, -0.1) is 26.3 Å². The van der Waals surface area contributed by atoms with Gasteiger partial charge in [0.2, 0.25) is 0 Å². The van der Waals surface area contributed by atoms with Crippen LogP contribution in [0.3, 0.4) is 0 Å². The number of rotatable bonds is 24. The Bertz CT molecular complexity index is 632. The van der Waals surface area contributed by atoms with Crippen molar-refractivity contribution in [2.75, 3.05) is 0 Å². The van der Waals surface area contributed by atoms with Crippen LogP contribution in [0.5, 0.6) is 0 Å². The van der Waals surface area contributed by atoms with Crippen LogP contribution in [0.2, 0.25) is 24.2 Å². The smallest absolute Gasteiger partial charge is 0.373 e. The summed E-state index contributed by atoms with van der Waals surface area (Å²) >= 11 is 0. The summed E-state index contributed by atoms with van der Waals surface area (Å²) in [6, 6.07) is 3.99. The fourth-order valence-corrected chi connectivity index (χ4v) is 27.1. The molecule has 40 heavy (non-hydrogen) atoms. The highest BCUT2D eigenvalue weighted by molar-refractivity contribution is 7.00. The molecule has 0 atom stereocenters. The minimum Gasteiger partial charge on any atom is -0.415 e. The van der Waals surface area contributed by atoms with Gasteiger partial charge in [0, 0.05) is 0 Å². The molecule has 8 heteroatoms. The Hall–Kier alpha value is -0.332. The third kappa shape index (κ3) is 12.5. The highest BCUT2D eigenvalue weighted by Crippen LogP contribution is 2.42. The predicted molar refractivity (Wildman–Crippen MR) is 184 cm³/mol. The molecule has 4 nitrogen and oxygen atoms in total. The fourth-order valence-electron chi connectivity index (χ4n) is 5.70. The SMILES string of the molecule is C=C[Si]1(C=C)O[Si](C=C)(C=C)O[Si](CCCCCC)(CCCCCC)O[Si](CCCCCC)(CCCCCC)O1. The van der Waals surface area contributed by atoms with Crippen molar-refractivity contribution in [3.8, 4) is 0 Å². The van der Waals surface area contributed by atoms with Gasteiger partial charge in [-0.3, -0.25) is 0 Å². The molecule has 1 saturated heterocycles. The normalized spacial score (nSPS) is 19.3. The Kier molecular flexibility index (Phi) is 19.4. The van der Waals surface area contributed by atoms with Gasteiger partial charge in [-0.1, -0.05) is 130 Å². The number of unbranched alkanes of at least 4 members (excludes halogenated alkanes) is 12. The summed E-state index contributed by atoms with van der Waals surface area (Å²) in [5, 5.41) is 0. The minimum atomic E-state index is -3.03. The van der Waals surface area contributed by atoms with E-state index in [4.69, 9.17) is 16.5 Å². The lowest BCUT2D eigenvalue weighted by Crippen LogP contribution is -2.68. The van der Waals surface area contributed by atoms with Crippen LogP contribution in [0.4, 0.5) is 0 Å². The van der Waals surface area contributed by atoms with Crippen molar-refractivity contribution in [2.45, 2.75) is 155 Å². The molecular weight excluding hydrogens is 561 g/mol. The van der Waals surface area contributed by atoms with Gasteiger partial charge in [-0.25, -0.2) is 0 Å². The first-order valence-corrected chi connectivity index (χ1v) is 25.1. The second-order valence-corrected chi connectivity index (χ2v) is 25.2. The molecule has 0 unspecified atom stereocenters. The van der Waals surface area contributed by atoms with E-state index in [0.717, 1.165) is 49.9 Å². The van der Waals surface area contributed by atoms with Crippen LogP contribution < -0.4 is 0 Å². The summed E-state index contributed by atoms with van der Waals surface area (Å²) in [6.07, 6.45) is 19.3. The zero-order valence-electron chi connectivity index (χ0n) is 26.9. The first-order chi connectivity index (χ1) is 19.3. The van der Waals surface area contributed by atoms with Gasteiger partial charge in [0.15, 0.2) is 0 Å². The average molecular weight is 625 g/mol. The molecule has 0 N–H and O–H groups in total. The van der Waals surface area contributed by atoms with Gasteiger partial charge in [-0.2, -0.15) is 0 Å². The lowest BCUT2D eigenvalue weighted by atomic mass is 10.2. The molecule has 0 spiro atoms. The second-order valence-electron chi connectivity index (χ2n) is 11.7. The first kappa shape index (κ1) is 37.7. The quantitative estimate of drug-likeness (QED) is 0.0790. The number of hydrogen-bond acceptors (Lipinski definition) is 4.